The van der Waals surface area contributed by atoms with Gasteiger partial charge in [-0.25, -0.2) is 0 Å². The highest BCUT2D eigenvalue weighted by Gasteiger charge is 2.14. The minimum atomic E-state index is 0.831. The Morgan fingerprint density at radius 2 is 2.27 bits per heavy atom. The summed E-state index contributed by atoms with van der Waals surface area (Å²) >= 11 is 5.86. The molecule has 1 heterocycles. The van der Waals surface area contributed by atoms with Gasteiger partial charge in [-0.15, -0.1) is 0 Å². The van der Waals surface area contributed by atoms with Gasteiger partial charge >= 0.3 is 0 Å². The molecule has 0 radical (unpaired) electrons. The van der Waals surface area contributed by atoms with E-state index in [0.29, 0.717) is 0 Å². The number of rotatable bonds is 0. The summed E-state index contributed by atoms with van der Waals surface area (Å²) in [6.45, 7) is 1.12. The normalized spacial score (nSPS) is 15.3. The fraction of sp³-hybridized carbons (Fsp3) is 0.333. The van der Waals surface area contributed by atoms with Gasteiger partial charge in [0.25, 0.3) is 0 Å². The summed E-state index contributed by atoms with van der Waals surface area (Å²) in [6.07, 6.45) is 1.16. The van der Waals surface area contributed by atoms with E-state index in [2.05, 4.69) is 18.0 Å². The van der Waals surface area contributed by atoms with Gasteiger partial charge in [-0.05, 0) is 24.1 Å². The van der Waals surface area contributed by atoms with Crippen molar-refractivity contribution in [3.05, 3.63) is 28.8 Å². The number of nitrogens with zero attached hydrogens (tertiary/aromatic N) is 1. The topological polar surface area (TPSA) is 3.24 Å². The van der Waals surface area contributed by atoms with Crippen molar-refractivity contribution in [2.75, 3.05) is 18.5 Å². The lowest BCUT2D eigenvalue weighted by Crippen LogP contribution is -2.12. The average Bonchev–Trinajstić information content (AvgIpc) is 2.33. The van der Waals surface area contributed by atoms with Crippen LogP contribution in [-0.2, 0) is 6.42 Å². The Morgan fingerprint density at radius 1 is 1.45 bits per heavy atom. The molecule has 1 aliphatic heterocycles. The molecule has 11 heavy (non-hydrogen) atoms. The Bertz CT molecular complexity index is 283. The van der Waals surface area contributed by atoms with E-state index >= 15 is 0 Å². The second-order valence-corrected chi connectivity index (χ2v) is 3.38. The molecule has 0 unspecified atom stereocenters. The van der Waals surface area contributed by atoms with Gasteiger partial charge in [-0.2, -0.15) is 0 Å². The van der Waals surface area contributed by atoms with Gasteiger partial charge in [-0.3, -0.25) is 0 Å². The minimum Gasteiger partial charge on any atom is -0.374 e. The maximum Gasteiger partial charge on any atom is 0.0426 e. The maximum absolute atomic E-state index is 5.86. The third kappa shape index (κ3) is 1.10. The van der Waals surface area contributed by atoms with Crippen molar-refractivity contribution in [1.29, 1.82) is 0 Å². The van der Waals surface area contributed by atoms with Crippen LogP contribution >= 0.6 is 11.6 Å². The first kappa shape index (κ1) is 6.99. The van der Waals surface area contributed by atoms with E-state index in [9.17, 15) is 0 Å². The molecule has 1 aromatic rings. The fourth-order valence-electron chi connectivity index (χ4n) is 1.51. The largest absolute Gasteiger partial charge is 0.374 e. The van der Waals surface area contributed by atoms with Crippen LogP contribution in [0.25, 0.3) is 0 Å². The molecule has 0 bridgehead atoms. The fourth-order valence-corrected chi connectivity index (χ4v) is 1.68. The average molecular weight is 168 g/mol. The van der Waals surface area contributed by atoms with E-state index in [1.54, 1.807) is 0 Å². The van der Waals surface area contributed by atoms with Gasteiger partial charge in [-0.1, -0.05) is 17.7 Å². The third-order valence-electron chi connectivity index (χ3n) is 2.18. The van der Waals surface area contributed by atoms with Gasteiger partial charge in [0.1, 0.15) is 0 Å². The highest BCUT2D eigenvalue weighted by molar-refractivity contribution is 6.30. The second kappa shape index (κ2) is 2.42. The van der Waals surface area contributed by atoms with Crippen LogP contribution in [0.5, 0.6) is 0 Å². The van der Waals surface area contributed by atoms with E-state index < -0.39 is 0 Å². The zero-order valence-corrected chi connectivity index (χ0v) is 7.23. The van der Waals surface area contributed by atoms with Crippen molar-refractivity contribution >= 4 is 17.3 Å². The van der Waals surface area contributed by atoms with Crippen molar-refractivity contribution in [3.63, 3.8) is 0 Å². The molecule has 0 aromatic heterocycles. The first-order valence-corrected chi connectivity index (χ1v) is 4.15. The molecule has 0 spiro atoms. The number of anilines is 1. The molecule has 0 fully saturated rings. The number of likely N-dealkylation sites (N-methyl/N-ethyl adjacent to an activating group) is 1. The SMILES string of the molecule is CN1CCc2ccc(Cl)cc21. The molecule has 1 aromatic carbocycles. The first-order chi connectivity index (χ1) is 5.27. The van der Waals surface area contributed by atoms with E-state index in [1.165, 1.54) is 11.3 Å². The van der Waals surface area contributed by atoms with Gasteiger partial charge in [0.15, 0.2) is 0 Å². The summed E-state index contributed by atoms with van der Waals surface area (Å²) < 4.78 is 0. The molecule has 0 saturated heterocycles. The van der Waals surface area contributed by atoms with Gasteiger partial charge in [0.05, 0.1) is 0 Å². The minimum absolute atomic E-state index is 0.831. The molecule has 2 heteroatoms. The van der Waals surface area contributed by atoms with Crippen LogP contribution < -0.4 is 4.90 Å². The smallest absolute Gasteiger partial charge is 0.0426 e. The van der Waals surface area contributed by atoms with Gasteiger partial charge in [0, 0.05) is 24.3 Å². The predicted molar refractivity (Wildman–Crippen MR) is 48.4 cm³/mol. The van der Waals surface area contributed by atoms with Crippen LogP contribution in [0.3, 0.4) is 0 Å². The number of halogens is 1. The molecular weight excluding hydrogens is 158 g/mol. The molecule has 0 saturated carbocycles. The summed E-state index contributed by atoms with van der Waals surface area (Å²) in [5.74, 6) is 0. The number of fused-ring (bicyclic) bond motifs is 1. The molecule has 2 rings (SSSR count). The monoisotopic (exact) mass is 167 g/mol. The molecule has 0 N–H and O–H groups in total. The molecule has 0 atom stereocenters. The highest BCUT2D eigenvalue weighted by Crippen LogP contribution is 2.28. The number of benzene rings is 1. The van der Waals surface area contributed by atoms with Crippen molar-refractivity contribution < 1.29 is 0 Å². The summed E-state index contributed by atoms with van der Waals surface area (Å²) in [6, 6.07) is 6.10. The van der Waals surface area contributed by atoms with E-state index in [-0.39, 0.29) is 0 Å². The summed E-state index contributed by atoms with van der Waals surface area (Å²) in [4.78, 5) is 2.24. The highest BCUT2D eigenvalue weighted by atomic mass is 35.5. The van der Waals surface area contributed by atoms with Crippen LogP contribution in [-0.4, -0.2) is 13.6 Å². The molecule has 58 valence electrons. The zero-order valence-electron chi connectivity index (χ0n) is 6.47. The molecule has 0 amide bonds. The van der Waals surface area contributed by atoms with Crippen LogP contribution in [0.1, 0.15) is 5.56 Å². The molecule has 1 aliphatic rings. The predicted octanol–water partition coefficient (Wildman–Crippen LogP) is 2.33. The quantitative estimate of drug-likeness (QED) is 0.574. The Kier molecular flexibility index (Phi) is 1.53. The van der Waals surface area contributed by atoms with E-state index in [1.807, 2.05) is 12.1 Å². The Labute approximate surface area is 71.6 Å². The number of hydrogen-bond donors (Lipinski definition) is 0. The standard InChI is InChI=1S/C9H10ClN/c1-11-5-4-7-2-3-8(10)6-9(7)11/h2-3,6H,4-5H2,1H3. The summed E-state index contributed by atoms with van der Waals surface area (Å²) in [7, 11) is 2.10. The van der Waals surface area contributed by atoms with E-state index in [4.69, 9.17) is 11.6 Å². The number of hydrogen-bond acceptors (Lipinski definition) is 1. The zero-order chi connectivity index (χ0) is 7.84. The van der Waals surface area contributed by atoms with Crippen molar-refractivity contribution in [1.82, 2.24) is 0 Å². The molecular formula is C9H10ClN. The van der Waals surface area contributed by atoms with Crippen molar-refractivity contribution in [3.8, 4) is 0 Å². The first-order valence-electron chi connectivity index (χ1n) is 3.77. The third-order valence-corrected chi connectivity index (χ3v) is 2.41. The Balaban J connectivity index is 2.52. The van der Waals surface area contributed by atoms with Crippen molar-refractivity contribution in [2.45, 2.75) is 6.42 Å². The van der Waals surface area contributed by atoms with Crippen LogP contribution in [0, 0.1) is 0 Å². The molecule has 1 nitrogen and oxygen atoms in total. The summed E-state index contributed by atoms with van der Waals surface area (Å²) in [5, 5.41) is 0.831. The lowest BCUT2D eigenvalue weighted by molar-refractivity contribution is 0.956. The summed E-state index contributed by atoms with van der Waals surface area (Å²) in [5.41, 5.74) is 2.70. The molecule has 0 aliphatic carbocycles. The van der Waals surface area contributed by atoms with E-state index in [0.717, 1.165) is 18.0 Å². The lowest BCUT2D eigenvalue weighted by atomic mass is 10.2. The van der Waals surface area contributed by atoms with Crippen LogP contribution in [0.2, 0.25) is 5.02 Å². The Morgan fingerprint density at radius 3 is 3.09 bits per heavy atom. The van der Waals surface area contributed by atoms with Crippen LogP contribution in [0.15, 0.2) is 18.2 Å². The second-order valence-electron chi connectivity index (χ2n) is 2.94. The maximum atomic E-state index is 5.86. The van der Waals surface area contributed by atoms with Gasteiger partial charge in [0.2, 0.25) is 0 Å². The Hall–Kier alpha value is -0.690. The van der Waals surface area contributed by atoms with Crippen LogP contribution in [0.4, 0.5) is 5.69 Å². The van der Waals surface area contributed by atoms with Gasteiger partial charge < -0.3 is 4.90 Å². The lowest BCUT2D eigenvalue weighted by Gasteiger charge is -2.11. The van der Waals surface area contributed by atoms with Crippen molar-refractivity contribution in [2.24, 2.45) is 0 Å².